The number of rotatable bonds is 7. The number of imidazole rings is 1. The van der Waals surface area contributed by atoms with Crippen LogP contribution in [0.1, 0.15) is 6.42 Å². The Hall–Kier alpha value is -2.03. The number of hydrogen-bond acceptors (Lipinski definition) is 11. The molecule has 0 saturated carbocycles. The summed E-state index contributed by atoms with van der Waals surface area (Å²) in [5.41, 5.74) is 11.8. The van der Waals surface area contributed by atoms with Crippen LogP contribution in [-0.4, -0.2) is 82.6 Å². The Balaban J connectivity index is 2.00. The first-order chi connectivity index (χ1) is 12.8. The molecule has 8 N–H and O–H groups in total. The second-order valence-corrected chi connectivity index (χ2v) is 7.31. The van der Waals surface area contributed by atoms with E-state index in [9.17, 15) is 20.1 Å². The van der Waals surface area contributed by atoms with Crippen molar-refractivity contribution < 1.29 is 30.0 Å². The summed E-state index contributed by atoms with van der Waals surface area (Å²) in [5, 5.41) is 37.7. The van der Waals surface area contributed by atoms with Gasteiger partial charge in [0.25, 0.3) is 0 Å². The van der Waals surface area contributed by atoms with Crippen molar-refractivity contribution in [2.75, 3.05) is 18.1 Å². The Morgan fingerprint density at radius 2 is 2.15 bits per heavy atom. The van der Waals surface area contributed by atoms with Gasteiger partial charge in [0.2, 0.25) is 5.06 Å². The molecule has 13 heteroatoms. The third-order valence-corrected chi connectivity index (χ3v) is 5.72. The first-order valence-corrected chi connectivity index (χ1v) is 9.01. The second-order valence-electron chi connectivity index (χ2n) is 6.03. The molecule has 0 spiro atoms. The van der Waals surface area contributed by atoms with Crippen LogP contribution in [0.3, 0.4) is 0 Å². The number of carbonyl (C=O) groups is 1. The Kier molecular flexibility index (Phi) is 5.50. The maximum atomic E-state index is 10.9. The molecule has 2 aromatic rings. The molecule has 0 aromatic carbocycles. The third-order valence-electron chi connectivity index (χ3n) is 4.33. The zero-order valence-corrected chi connectivity index (χ0v) is 14.9. The molecule has 0 unspecified atom stereocenters. The topological polar surface area (TPSA) is 203 Å². The minimum absolute atomic E-state index is 0.0848. The molecule has 0 aliphatic carbocycles. The van der Waals surface area contributed by atoms with Gasteiger partial charge in [0.05, 0.1) is 6.61 Å². The Morgan fingerprint density at radius 1 is 1.41 bits per heavy atom. The van der Waals surface area contributed by atoms with E-state index in [0.29, 0.717) is 0 Å². The van der Waals surface area contributed by atoms with Crippen LogP contribution in [0.25, 0.3) is 11.2 Å². The van der Waals surface area contributed by atoms with Crippen molar-refractivity contribution >= 4 is 34.7 Å². The molecule has 1 aliphatic rings. The molecule has 3 heterocycles. The lowest BCUT2D eigenvalue weighted by Crippen LogP contribution is -2.43. The van der Waals surface area contributed by atoms with Crippen molar-refractivity contribution in [2.45, 2.75) is 35.8 Å². The van der Waals surface area contributed by atoms with Crippen LogP contribution in [0.4, 0.5) is 5.82 Å². The highest BCUT2D eigenvalue weighted by molar-refractivity contribution is 7.99. The normalized spacial score (nSPS) is 29.3. The molecule has 0 bridgehead atoms. The van der Waals surface area contributed by atoms with Crippen molar-refractivity contribution in [1.29, 1.82) is 0 Å². The van der Waals surface area contributed by atoms with Crippen molar-refractivity contribution in [3.63, 3.8) is 0 Å². The largest absolute Gasteiger partial charge is 0.480 e. The second kappa shape index (κ2) is 7.53. The number of ether oxygens (including phenoxy) is 1. The Morgan fingerprint density at radius 3 is 2.78 bits per heavy atom. The van der Waals surface area contributed by atoms with Gasteiger partial charge in [-0.1, -0.05) is 0 Å². The minimum atomic E-state index is -1.61. The molecular formula is C14H20N6O6S. The number of nitrogen functional groups attached to an aromatic ring is 1. The summed E-state index contributed by atoms with van der Waals surface area (Å²) in [5.74, 6) is -0.853. The summed E-state index contributed by atoms with van der Waals surface area (Å²) in [7, 11) is 0. The summed E-state index contributed by atoms with van der Waals surface area (Å²) in [6.07, 6.45) is -1.27. The van der Waals surface area contributed by atoms with Crippen LogP contribution < -0.4 is 11.5 Å². The number of hydrogen-bond donors (Lipinski definition) is 6. The molecule has 1 saturated heterocycles. The smallest absolute Gasteiger partial charge is 0.320 e. The Bertz CT molecular complexity index is 836. The van der Waals surface area contributed by atoms with Gasteiger partial charge >= 0.3 is 5.97 Å². The number of aliphatic hydroxyl groups is 3. The fourth-order valence-electron chi connectivity index (χ4n) is 2.85. The average molecular weight is 400 g/mol. The molecule has 1 aliphatic heterocycles. The first kappa shape index (κ1) is 19.7. The van der Waals surface area contributed by atoms with Crippen molar-refractivity contribution in [1.82, 2.24) is 19.5 Å². The molecule has 5 atom stereocenters. The lowest BCUT2D eigenvalue weighted by atomic mass is 10.1. The van der Waals surface area contributed by atoms with E-state index in [1.165, 1.54) is 17.2 Å². The number of aromatic nitrogens is 4. The molecule has 2 aromatic heterocycles. The van der Waals surface area contributed by atoms with E-state index < -0.39 is 42.0 Å². The average Bonchev–Trinajstić information content (AvgIpc) is 3.18. The highest BCUT2D eigenvalue weighted by Gasteiger charge is 2.56. The van der Waals surface area contributed by atoms with Crippen LogP contribution in [0.5, 0.6) is 0 Å². The number of aliphatic carboxylic acids is 1. The highest BCUT2D eigenvalue weighted by Crippen LogP contribution is 2.46. The zero-order chi connectivity index (χ0) is 19.8. The van der Waals surface area contributed by atoms with Crippen LogP contribution in [0.15, 0.2) is 12.7 Å². The summed E-state index contributed by atoms with van der Waals surface area (Å²) < 4.78 is 7.19. The summed E-state index contributed by atoms with van der Waals surface area (Å²) in [6, 6.07) is -1.09. The summed E-state index contributed by atoms with van der Waals surface area (Å²) in [4.78, 5) is 23.0. The standard InChI is InChI=1S/C14H20N6O6S/c15-6(13(24)25)1-2-27-14(10(23)9(22)7(3-21)26-14)20-5-19-8-11(16)17-4-18-12(8)20/h4-7,9-10,21-23H,1-3,15H2,(H,24,25)(H2,16,17,18)/t6-,7+,9+,10+,14-/m0/s1. The van der Waals surface area contributed by atoms with Gasteiger partial charge in [0, 0.05) is 5.75 Å². The maximum absolute atomic E-state index is 10.9. The van der Waals surface area contributed by atoms with Crippen molar-refractivity contribution in [2.24, 2.45) is 5.73 Å². The third kappa shape index (κ3) is 3.33. The molecule has 148 valence electrons. The predicted octanol–water partition coefficient (Wildman–Crippen LogP) is -2.33. The van der Waals surface area contributed by atoms with Gasteiger partial charge in [-0.25, -0.2) is 15.0 Å². The van der Waals surface area contributed by atoms with E-state index in [0.717, 1.165) is 11.8 Å². The zero-order valence-electron chi connectivity index (χ0n) is 14.0. The van der Waals surface area contributed by atoms with E-state index in [2.05, 4.69) is 15.0 Å². The lowest BCUT2D eigenvalue weighted by Gasteiger charge is -2.33. The SMILES string of the molecule is Nc1ncnc2c1ncn2[C@]1(SCC[C@H](N)C(=O)O)O[C@H](CO)[C@@H](O)[C@H]1O. The highest BCUT2D eigenvalue weighted by atomic mass is 32.2. The van der Waals surface area contributed by atoms with Crippen LogP contribution in [0, 0.1) is 0 Å². The van der Waals surface area contributed by atoms with Gasteiger partial charge in [0.15, 0.2) is 11.5 Å². The van der Waals surface area contributed by atoms with Crippen molar-refractivity contribution in [3.05, 3.63) is 12.7 Å². The monoisotopic (exact) mass is 400 g/mol. The summed E-state index contributed by atoms with van der Waals surface area (Å²) in [6.45, 7) is -0.529. The van der Waals surface area contributed by atoms with Crippen LogP contribution in [0.2, 0.25) is 0 Å². The van der Waals surface area contributed by atoms with E-state index in [4.69, 9.17) is 21.3 Å². The predicted molar refractivity (Wildman–Crippen MR) is 94.4 cm³/mol. The number of aliphatic hydroxyl groups excluding tert-OH is 3. The minimum Gasteiger partial charge on any atom is -0.480 e. The van der Waals surface area contributed by atoms with Gasteiger partial charge in [-0.15, -0.1) is 11.8 Å². The number of fused-ring (bicyclic) bond motifs is 1. The molecule has 0 amide bonds. The van der Waals surface area contributed by atoms with Crippen LogP contribution in [-0.2, 0) is 14.6 Å². The fraction of sp³-hybridized carbons (Fsp3) is 0.571. The van der Waals surface area contributed by atoms with Gasteiger partial charge in [-0.2, -0.15) is 0 Å². The van der Waals surface area contributed by atoms with E-state index in [1.807, 2.05) is 0 Å². The van der Waals surface area contributed by atoms with E-state index >= 15 is 0 Å². The van der Waals surface area contributed by atoms with E-state index in [-0.39, 0.29) is 29.2 Å². The number of carboxylic acid groups (broad SMARTS) is 1. The molecular weight excluding hydrogens is 380 g/mol. The van der Waals surface area contributed by atoms with Crippen LogP contribution >= 0.6 is 11.8 Å². The lowest BCUT2D eigenvalue weighted by molar-refractivity contribution is -0.138. The molecule has 12 nitrogen and oxygen atoms in total. The van der Waals surface area contributed by atoms with E-state index in [1.54, 1.807) is 0 Å². The van der Waals surface area contributed by atoms with Gasteiger partial charge in [0.1, 0.15) is 42.5 Å². The maximum Gasteiger partial charge on any atom is 0.320 e. The molecule has 27 heavy (non-hydrogen) atoms. The molecule has 3 rings (SSSR count). The van der Waals surface area contributed by atoms with Gasteiger partial charge in [-0.3, -0.25) is 9.36 Å². The molecule has 1 fully saturated rings. The first-order valence-electron chi connectivity index (χ1n) is 8.03. The number of nitrogens with zero attached hydrogens (tertiary/aromatic N) is 4. The number of anilines is 1. The quantitative estimate of drug-likeness (QED) is 0.289. The number of nitrogens with two attached hydrogens (primary N) is 2. The molecule has 0 radical (unpaired) electrons. The Labute approximate surface area is 157 Å². The van der Waals surface area contributed by atoms with Crippen molar-refractivity contribution in [3.8, 4) is 0 Å². The summed E-state index contributed by atoms with van der Waals surface area (Å²) >= 11 is 1.02. The van der Waals surface area contributed by atoms with Gasteiger partial charge in [-0.05, 0) is 6.42 Å². The number of thioether (sulfide) groups is 1. The number of carboxylic acids is 1. The fourth-order valence-corrected chi connectivity index (χ4v) is 4.28. The van der Waals surface area contributed by atoms with Gasteiger partial charge < -0.3 is 36.6 Å².